The van der Waals surface area contributed by atoms with Gasteiger partial charge in [0.25, 0.3) is 0 Å². The third kappa shape index (κ3) is 4.24. The first-order chi connectivity index (χ1) is 9.46. The van der Waals surface area contributed by atoms with E-state index in [4.69, 9.17) is 5.26 Å². The van der Waals surface area contributed by atoms with Gasteiger partial charge in [-0.3, -0.25) is 0 Å². The second-order valence-corrected chi connectivity index (χ2v) is 6.54. The minimum atomic E-state index is 0.328. The molecule has 0 saturated heterocycles. The van der Waals surface area contributed by atoms with Gasteiger partial charge in [0.15, 0.2) is 0 Å². The molecule has 102 valence electrons. The van der Waals surface area contributed by atoms with Gasteiger partial charge in [-0.2, -0.15) is 5.26 Å². The Balaban J connectivity index is 2.05. The molecule has 20 heavy (non-hydrogen) atoms. The van der Waals surface area contributed by atoms with Crippen LogP contribution in [0.3, 0.4) is 0 Å². The van der Waals surface area contributed by atoms with Gasteiger partial charge in [-0.25, -0.2) is 0 Å². The molecule has 0 fully saturated rings. The molecule has 1 heteroatoms. The lowest BCUT2D eigenvalue weighted by molar-refractivity contribution is 0.411. The summed E-state index contributed by atoms with van der Waals surface area (Å²) < 4.78 is 0. The third-order valence-electron chi connectivity index (χ3n) is 3.25. The highest BCUT2D eigenvalue weighted by Gasteiger charge is 2.10. The molecule has 2 rings (SSSR count). The van der Waals surface area contributed by atoms with Crippen LogP contribution in [0.25, 0.3) is 0 Å². The van der Waals surface area contributed by atoms with Gasteiger partial charge in [0.2, 0.25) is 0 Å². The van der Waals surface area contributed by atoms with Gasteiger partial charge in [0, 0.05) is 0 Å². The van der Waals surface area contributed by atoms with Gasteiger partial charge in [-0.15, -0.1) is 0 Å². The maximum absolute atomic E-state index is 8.79. The molecule has 0 spiro atoms. The molecule has 0 bridgehead atoms. The lowest BCUT2D eigenvalue weighted by Crippen LogP contribution is -2.08. The van der Waals surface area contributed by atoms with Gasteiger partial charge in [-0.1, -0.05) is 57.2 Å². The monoisotopic (exact) mass is 263 g/mol. The average molecular weight is 263 g/mol. The van der Waals surface area contributed by atoms with Crippen molar-refractivity contribution in [1.29, 1.82) is 5.26 Å². The highest BCUT2D eigenvalue weighted by Crippen LogP contribution is 2.21. The predicted octanol–water partition coefficient (Wildman–Crippen LogP) is 4.74. The molecule has 2 aromatic carbocycles. The van der Waals surface area contributed by atoms with Crippen LogP contribution in [0, 0.1) is 16.7 Å². The summed E-state index contributed by atoms with van der Waals surface area (Å²) in [6.07, 6.45) is 2.02. The lowest BCUT2D eigenvalue weighted by Gasteiger charge is -2.18. The van der Waals surface area contributed by atoms with Crippen LogP contribution in [-0.4, -0.2) is 0 Å². The molecule has 0 aliphatic heterocycles. The topological polar surface area (TPSA) is 23.8 Å². The number of nitrogens with zero attached hydrogens (tertiary/aromatic N) is 1. The SMILES string of the molecule is CC(C)(C)Cc1ccc(Cc2ccc(C#N)cc2)cc1. The fourth-order valence-corrected chi connectivity index (χ4v) is 2.32. The first kappa shape index (κ1) is 14.3. The largest absolute Gasteiger partial charge is 0.192 e. The van der Waals surface area contributed by atoms with Crippen molar-refractivity contribution in [1.82, 2.24) is 0 Å². The van der Waals surface area contributed by atoms with Gasteiger partial charge in [0.05, 0.1) is 11.6 Å². The Kier molecular flexibility index (Phi) is 4.25. The van der Waals surface area contributed by atoms with Crippen molar-refractivity contribution in [2.75, 3.05) is 0 Å². The molecule has 2 aromatic rings. The number of benzene rings is 2. The summed E-state index contributed by atoms with van der Waals surface area (Å²) in [4.78, 5) is 0. The van der Waals surface area contributed by atoms with E-state index in [2.05, 4.69) is 51.1 Å². The molecule has 1 nitrogen and oxygen atoms in total. The zero-order valence-corrected chi connectivity index (χ0v) is 12.5. The molecule has 0 unspecified atom stereocenters. The molecule has 0 heterocycles. The number of hydrogen-bond donors (Lipinski definition) is 0. The van der Waals surface area contributed by atoms with Crippen molar-refractivity contribution in [3.63, 3.8) is 0 Å². The van der Waals surface area contributed by atoms with Crippen LogP contribution in [0.4, 0.5) is 0 Å². The fraction of sp³-hybridized carbons (Fsp3) is 0.316. The number of nitriles is 1. The Hall–Kier alpha value is -2.07. The Morgan fingerprint density at radius 2 is 1.25 bits per heavy atom. The maximum atomic E-state index is 8.79. The summed E-state index contributed by atoms with van der Waals surface area (Å²) >= 11 is 0. The van der Waals surface area contributed by atoms with Gasteiger partial charge >= 0.3 is 0 Å². The van der Waals surface area contributed by atoms with E-state index in [1.54, 1.807) is 0 Å². The molecule has 0 atom stereocenters. The first-order valence-corrected chi connectivity index (χ1v) is 7.03. The van der Waals surface area contributed by atoms with E-state index < -0.39 is 0 Å². The normalized spacial score (nSPS) is 11.1. The van der Waals surface area contributed by atoms with Crippen LogP contribution in [0.15, 0.2) is 48.5 Å². The number of rotatable bonds is 3. The van der Waals surface area contributed by atoms with E-state index in [1.165, 1.54) is 16.7 Å². The second-order valence-electron chi connectivity index (χ2n) is 6.54. The standard InChI is InChI=1S/C19H21N/c1-19(2,3)13-17-8-4-15(5-9-17)12-16-6-10-18(14-20)11-7-16/h4-11H,12-13H2,1-3H3. The van der Waals surface area contributed by atoms with E-state index >= 15 is 0 Å². The molecule has 0 aliphatic carbocycles. The Labute approximate surface area is 121 Å². The third-order valence-corrected chi connectivity index (χ3v) is 3.25. The fourth-order valence-electron chi connectivity index (χ4n) is 2.32. The summed E-state index contributed by atoms with van der Waals surface area (Å²) in [5.41, 5.74) is 4.99. The van der Waals surface area contributed by atoms with Crippen molar-refractivity contribution < 1.29 is 0 Å². The van der Waals surface area contributed by atoms with Crippen LogP contribution in [0.2, 0.25) is 0 Å². The second kappa shape index (κ2) is 5.92. The van der Waals surface area contributed by atoms with Crippen LogP contribution in [0.5, 0.6) is 0 Å². The lowest BCUT2D eigenvalue weighted by atomic mass is 9.88. The summed E-state index contributed by atoms with van der Waals surface area (Å²) in [6.45, 7) is 6.78. The molecule has 0 amide bonds. The molecule has 0 saturated carbocycles. The van der Waals surface area contributed by atoms with Gasteiger partial charge in [-0.05, 0) is 47.1 Å². The van der Waals surface area contributed by atoms with Crippen LogP contribution < -0.4 is 0 Å². The zero-order chi connectivity index (χ0) is 14.6. The summed E-state index contributed by atoms with van der Waals surface area (Å²) in [6, 6.07) is 18.8. The highest BCUT2D eigenvalue weighted by molar-refractivity contribution is 5.34. The Morgan fingerprint density at radius 1 is 0.800 bits per heavy atom. The molecule has 0 radical (unpaired) electrons. The van der Waals surface area contributed by atoms with Crippen molar-refractivity contribution >= 4 is 0 Å². The summed E-state index contributed by atoms with van der Waals surface area (Å²) in [5, 5.41) is 8.79. The minimum Gasteiger partial charge on any atom is -0.192 e. The van der Waals surface area contributed by atoms with Crippen molar-refractivity contribution in [2.24, 2.45) is 5.41 Å². The van der Waals surface area contributed by atoms with Crippen LogP contribution in [0.1, 0.15) is 43.0 Å². The van der Waals surface area contributed by atoms with Crippen molar-refractivity contribution in [3.8, 4) is 6.07 Å². The van der Waals surface area contributed by atoms with Crippen molar-refractivity contribution in [3.05, 3.63) is 70.8 Å². The van der Waals surface area contributed by atoms with E-state index in [0.29, 0.717) is 11.0 Å². The molecule has 0 aliphatic rings. The van der Waals surface area contributed by atoms with E-state index in [9.17, 15) is 0 Å². The Morgan fingerprint density at radius 3 is 1.70 bits per heavy atom. The van der Waals surface area contributed by atoms with E-state index in [0.717, 1.165) is 12.8 Å². The Bertz CT molecular complexity index is 592. The maximum Gasteiger partial charge on any atom is 0.0991 e. The number of hydrogen-bond acceptors (Lipinski definition) is 1. The molecular formula is C19H21N. The summed E-state index contributed by atoms with van der Waals surface area (Å²) in [7, 11) is 0. The first-order valence-electron chi connectivity index (χ1n) is 7.03. The molecular weight excluding hydrogens is 242 g/mol. The highest BCUT2D eigenvalue weighted by atomic mass is 14.2. The predicted molar refractivity (Wildman–Crippen MR) is 83.6 cm³/mol. The summed E-state index contributed by atoms with van der Waals surface area (Å²) in [5.74, 6) is 0. The van der Waals surface area contributed by atoms with E-state index in [1.807, 2.05) is 24.3 Å². The average Bonchev–Trinajstić information content (AvgIpc) is 2.40. The minimum absolute atomic E-state index is 0.328. The quantitative estimate of drug-likeness (QED) is 0.784. The van der Waals surface area contributed by atoms with Gasteiger partial charge < -0.3 is 0 Å². The zero-order valence-electron chi connectivity index (χ0n) is 12.5. The molecule has 0 aromatic heterocycles. The van der Waals surface area contributed by atoms with E-state index in [-0.39, 0.29) is 0 Å². The van der Waals surface area contributed by atoms with Crippen LogP contribution >= 0.6 is 0 Å². The van der Waals surface area contributed by atoms with Crippen molar-refractivity contribution in [2.45, 2.75) is 33.6 Å². The van der Waals surface area contributed by atoms with Gasteiger partial charge in [0.1, 0.15) is 0 Å². The van der Waals surface area contributed by atoms with Crippen LogP contribution in [-0.2, 0) is 12.8 Å². The molecule has 0 N–H and O–H groups in total. The smallest absolute Gasteiger partial charge is 0.0991 e.